The van der Waals surface area contributed by atoms with Crippen LogP contribution in [0.3, 0.4) is 0 Å². The summed E-state index contributed by atoms with van der Waals surface area (Å²) in [6.45, 7) is 13.1. The molecule has 4 aliphatic rings. The minimum Gasteiger partial charge on any atom is -0.478 e. The number of carboxylic acids is 1. The van der Waals surface area contributed by atoms with Crippen LogP contribution in [0.4, 0.5) is 0 Å². The number of carboxylic acid groups (broad SMARTS) is 1. The predicted molar refractivity (Wildman–Crippen MR) is 138 cm³/mol. The van der Waals surface area contributed by atoms with Crippen LogP contribution >= 0.6 is 0 Å². The molecule has 0 spiro atoms. The van der Waals surface area contributed by atoms with Crippen molar-refractivity contribution in [1.29, 1.82) is 0 Å². The van der Waals surface area contributed by atoms with E-state index in [9.17, 15) is 29.7 Å². The van der Waals surface area contributed by atoms with E-state index < -0.39 is 51.4 Å². The fourth-order valence-electron chi connectivity index (χ4n) is 8.97. The van der Waals surface area contributed by atoms with Crippen molar-refractivity contribution in [3.8, 4) is 0 Å². The molecule has 2 fully saturated rings. The summed E-state index contributed by atoms with van der Waals surface area (Å²) in [5.41, 5.74) is -3.00. The number of Topliss-reactive ketones (excluding diaryl/α,β-unsaturated/α-hetero) is 2. The molecule has 7 nitrogen and oxygen atoms in total. The number of hydrogen-bond donors (Lipinski definition) is 4. The van der Waals surface area contributed by atoms with Crippen LogP contribution < -0.4 is 0 Å². The summed E-state index contributed by atoms with van der Waals surface area (Å²) in [7, 11) is 0. The Bertz CT molecular complexity index is 1100. The average molecular weight is 517 g/mol. The minimum absolute atomic E-state index is 0.0840. The molecule has 0 unspecified atom stereocenters. The number of aliphatic hydroxyl groups is 3. The zero-order valence-electron chi connectivity index (χ0n) is 23.4. The first kappa shape index (κ1) is 28.2. The number of ketones is 2. The summed E-state index contributed by atoms with van der Waals surface area (Å²) in [4.78, 5) is 39.2. The first-order chi connectivity index (χ1) is 16.9. The number of fused-ring (bicyclic) bond motifs is 4. The van der Waals surface area contributed by atoms with Gasteiger partial charge in [-0.1, -0.05) is 40.7 Å². The molecule has 2 saturated carbocycles. The molecule has 0 amide bonds. The molecule has 37 heavy (non-hydrogen) atoms. The highest BCUT2D eigenvalue weighted by Gasteiger charge is 2.71. The standard InChI is InChI=1S/C30H44O7/c1-16(25(35)36)9-8-11-29(6,37)20-14-22(34)30(7)24-17(31)13-19-26(2,3)21(33)10-12-27(19,4)23(24)18(32)15-28(20,30)5/h9,19-22,33-34,37H,8,10-15H2,1-7H3,(H,35,36)/b16-9+/t19-,20+,21+,22+,27+,28-,29+,30+/m1/s1. The van der Waals surface area contributed by atoms with Gasteiger partial charge in [-0.3, -0.25) is 9.59 Å². The van der Waals surface area contributed by atoms with Crippen LogP contribution in [-0.4, -0.2) is 55.8 Å². The summed E-state index contributed by atoms with van der Waals surface area (Å²) in [6, 6.07) is 0. The van der Waals surface area contributed by atoms with Crippen molar-refractivity contribution in [2.75, 3.05) is 0 Å². The second-order valence-electron chi connectivity index (χ2n) is 13.8. The number of rotatable bonds is 5. The Kier molecular flexibility index (Phi) is 6.54. The van der Waals surface area contributed by atoms with Crippen molar-refractivity contribution in [2.45, 2.75) is 111 Å². The highest BCUT2D eigenvalue weighted by Crippen LogP contribution is 2.71. The lowest BCUT2D eigenvalue weighted by molar-refractivity contribution is -0.147. The summed E-state index contributed by atoms with van der Waals surface area (Å²) in [5, 5.41) is 43.2. The van der Waals surface area contributed by atoms with Crippen molar-refractivity contribution in [2.24, 2.45) is 33.5 Å². The first-order valence-corrected chi connectivity index (χ1v) is 13.7. The topological polar surface area (TPSA) is 132 Å². The Morgan fingerprint density at radius 2 is 1.68 bits per heavy atom. The second-order valence-corrected chi connectivity index (χ2v) is 13.8. The van der Waals surface area contributed by atoms with Crippen LogP contribution in [0.1, 0.15) is 93.4 Å². The highest BCUT2D eigenvalue weighted by molar-refractivity contribution is 6.11. The molecule has 4 aliphatic carbocycles. The third-order valence-electron chi connectivity index (χ3n) is 11.5. The van der Waals surface area contributed by atoms with Crippen LogP contribution in [0.15, 0.2) is 22.8 Å². The van der Waals surface area contributed by atoms with E-state index in [0.29, 0.717) is 30.4 Å². The predicted octanol–water partition coefficient (Wildman–Crippen LogP) is 3.99. The fourth-order valence-corrected chi connectivity index (χ4v) is 8.97. The molecular weight excluding hydrogens is 472 g/mol. The van der Waals surface area contributed by atoms with Crippen LogP contribution in [0, 0.1) is 33.5 Å². The highest BCUT2D eigenvalue weighted by atomic mass is 16.4. The van der Waals surface area contributed by atoms with E-state index in [-0.39, 0.29) is 48.7 Å². The Balaban J connectivity index is 1.79. The van der Waals surface area contributed by atoms with E-state index in [1.165, 1.54) is 6.92 Å². The zero-order chi connectivity index (χ0) is 27.9. The monoisotopic (exact) mass is 516 g/mol. The van der Waals surface area contributed by atoms with Gasteiger partial charge in [-0.2, -0.15) is 0 Å². The summed E-state index contributed by atoms with van der Waals surface area (Å²) < 4.78 is 0. The SMILES string of the molecule is C/C(=C\CC[C@](C)(O)[C@H]1C[C@H](O)[C@@]2(C)C3=C(C(=O)C[C@]12C)[C@@]1(C)CC[C@H](O)C(C)(C)[C@H]1CC3=O)C(=O)O. The van der Waals surface area contributed by atoms with Gasteiger partial charge in [0, 0.05) is 40.4 Å². The molecule has 7 heteroatoms. The van der Waals surface area contributed by atoms with Gasteiger partial charge in [0.2, 0.25) is 0 Å². The van der Waals surface area contributed by atoms with Gasteiger partial charge in [-0.05, 0) is 68.6 Å². The van der Waals surface area contributed by atoms with Gasteiger partial charge in [0.05, 0.1) is 17.8 Å². The lowest BCUT2D eigenvalue weighted by atomic mass is 9.42. The first-order valence-electron chi connectivity index (χ1n) is 13.7. The molecule has 0 aromatic carbocycles. The average Bonchev–Trinajstić information content (AvgIpc) is 2.99. The van der Waals surface area contributed by atoms with Gasteiger partial charge in [0.15, 0.2) is 11.6 Å². The van der Waals surface area contributed by atoms with Crippen molar-refractivity contribution < 1.29 is 34.8 Å². The van der Waals surface area contributed by atoms with Crippen molar-refractivity contribution in [3.63, 3.8) is 0 Å². The van der Waals surface area contributed by atoms with Gasteiger partial charge >= 0.3 is 5.97 Å². The Morgan fingerprint density at radius 1 is 1.05 bits per heavy atom. The maximum absolute atomic E-state index is 14.1. The quantitative estimate of drug-likeness (QED) is 0.406. The fraction of sp³-hybridized carbons (Fsp3) is 0.767. The number of hydrogen-bond acceptors (Lipinski definition) is 6. The molecule has 0 aliphatic heterocycles. The van der Waals surface area contributed by atoms with E-state index in [4.69, 9.17) is 5.11 Å². The van der Waals surface area contributed by atoms with Crippen LogP contribution in [0.25, 0.3) is 0 Å². The zero-order valence-corrected chi connectivity index (χ0v) is 23.4. The van der Waals surface area contributed by atoms with Crippen molar-refractivity contribution >= 4 is 17.5 Å². The maximum atomic E-state index is 14.1. The molecule has 0 aromatic rings. The Hall–Kier alpha value is -1.83. The largest absolute Gasteiger partial charge is 0.478 e. The summed E-state index contributed by atoms with van der Waals surface area (Å²) >= 11 is 0. The van der Waals surface area contributed by atoms with Gasteiger partial charge in [0.1, 0.15) is 0 Å². The van der Waals surface area contributed by atoms with Crippen LogP contribution in [0.2, 0.25) is 0 Å². The molecule has 0 radical (unpaired) electrons. The molecule has 8 atom stereocenters. The maximum Gasteiger partial charge on any atom is 0.330 e. The molecular formula is C30H44O7. The number of carbonyl (C=O) groups excluding carboxylic acids is 2. The molecule has 0 aromatic heterocycles. The Morgan fingerprint density at radius 3 is 2.27 bits per heavy atom. The molecule has 0 heterocycles. The molecule has 0 bridgehead atoms. The van der Waals surface area contributed by atoms with E-state index in [2.05, 4.69) is 6.92 Å². The second kappa shape index (κ2) is 8.59. The van der Waals surface area contributed by atoms with Gasteiger partial charge in [0.25, 0.3) is 0 Å². The number of carbonyl (C=O) groups is 3. The smallest absolute Gasteiger partial charge is 0.330 e. The van der Waals surface area contributed by atoms with E-state index >= 15 is 0 Å². The Labute approximate surface area is 220 Å². The third kappa shape index (κ3) is 3.75. The normalized spacial score (nSPS) is 43.1. The molecule has 206 valence electrons. The minimum atomic E-state index is -1.28. The molecule has 4 N–H and O–H groups in total. The van der Waals surface area contributed by atoms with Crippen molar-refractivity contribution in [1.82, 2.24) is 0 Å². The van der Waals surface area contributed by atoms with Crippen molar-refractivity contribution in [3.05, 3.63) is 22.8 Å². The van der Waals surface area contributed by atoms with Gasteiger partial charge < -0.3 is 20.4 Å². The lowest BCUT2D eigenvalue weighted by Gasteiger charge is -2.61. The summed E-state index contributed by atoms with van der Waals surface area (Å²) in [5.74, 6) is -1.85. The van der Waals surface area contributed by atoms with Gasteiger partial charge in [-0.15, -0.1) is 0 Å². The van der Waals surface area contributed by atoms with Crippen LogP contribution in [0.5, 0.6) is 0 Å². The van der Waals surface area contributed by atoms with Gasteiger partial charge in [-0.25, -0.2) is 4.79 Å². The number of aliphatic hydroxyl groups excluding tert-OH is 2. The molecule has 0 saturated heterocycles. The van der Waals surface area contributed by atoms with Crippen LogP contribution in [-0.2, 0) is 14.4 Å². The van der Waals surface area contributed by atoms with E-state index in [0.717, 1.165) is 0 Å². The lowest BCUT2D eigenvalue weighted by Crippen LogP contribution is -2.60. The third-order valence-corrected chi connectivity index (χ3v) is 11.5. The number of aliphatic carboxylic acids is 1. The van der Waals surface area contributed by atoms with E-state index in [1.807, 2.05) is 27.7 Å². The number of allylic oxidation sites excluding steroid dienone is 2. The summed E-state index contributed by atoms with van der Waals surface area (Å²) in [6.07, 6.45) is 2.53. The molecule has 4 rings (SSSR count). The van der Waals surface area contributed by atoms with E-state index in [1.54, 1.807) is 13.0 Å².